The lowest BCUT2D eigenvalue weighted by atomic mass is 10.1. The van der Waals surface area contributed by atoms with Crippen LogP contribution >= 0.6 is 0 Å². The number of nitrogens with one attached hydrogen (secondary N) is 2. The number of carbonyl (C=O) groups is 2. The number of halogens is 6. The first-order valence-electron chi connectivity index (χ1n) is 7.53. The van der Waals surface area contributed by atoms with Gasteiger partial charge in [-0.05, 0) is 36.4 Å². The molecule has 0 fully saturated rings. The number of rotatable bonds is 6. The van der Waals surface area contributed by atoms with Crippen LogP contribution in [0.3, 0.4) is 0 Å². The molecule has 1 amide bonds. The van der Waals surface area contributed by atoms with Crippen LogP contribution in [0.1, 0.15) is 10.6 Å². The summed E-state index contributed by atoms with van der Waals surface area (Å²) in [5.41, 5.74) is -4.24. The molecule has 0 saturated carbocycles. The molecule has 0 bridgehead atoms. The number of benzene rings is 1. The summed E-state index contributed by atoms with van der Waals surface area (Å²) in [6.07, 6.45) is -9.41. The molecule has 1 heterocycles. The summed E-state index contributed by atoms with van der Waals surface area (Å²) >= 11 is 0. The van der Waals surface area contributed by atoms with E-state index < -0.39 is 47.3 Å². The first kappa shape index (κ1) is 21.9. The highest BCUT2D eigenvalue weighted by molar-refractivity contribution is 5.97. The van der Waals surface area contributed by atoms with Gasteiger partial charge >= 0.3 is 24.2 Å². The van der Waals surface area contributed by atoms with Gasteiger partial charge in [-0.25, -0.2) is 4.79 Å². The lowest BCUT2D eigenvalue weighted by molar-refractivity contribution is -0.274. The molecule has 1 atom stereocenters. The van der Waals surface area contributed by atoms with Crippen LogP contribution in [-0.2, 0) is 9.53 Å². The maximum Gasteiger partial charge on any atom is 0.573 e. The minimum absolute atomic E-state index is 0.470. The summed E-state index contributed by atoms with van der Waals surface area (Å²) in [6, 6.07) is 5.27. The number of furan rings is 1. The minimum atomic E-state index is -5.43. The van der Waals surface area contributed by atoms with Gasteiger partial charge in [-0.15, -0.1) is 13.2 Å². The second kappa shape index (κ2) is 7.93. The van der Waals surface area contributed by atoms with E-state index in [0.29, 0.717) is 19.2 Å². The highest BCUT2D eigenvalue weighted by Gasteiger charge is 2.63. The van der Waals surface area contributed by atoms with Crippen LogP contribution in [0.2, 0.25) is 0 Å². The SMILES string of the molecule is COC(=O)[C@@](NC(=O)c1ccco1)(Nc1ccc(OC(F)(F)F)cc1)C(F)(F)F. The fraction of sp³-hybridized carbons (Fsp3) is 0.250. The van der Waals surface area contributed by atoms with Crippen LogP contribution in [0.15, 0.2) is 47.1 Å². The molecule has 1 aromatic heterocycles. The monoisotopic (exact) mass is 426 g/mol. The van der Waals surface area contributed by atoms with Crippen molar-refractivity contribution in [3.8, 4) is 5.75 Å². The number of amides is 1. The molecule has 13 heteroatoms. The average Bonchev–Trinajstić information content (AvgIpc) is 3.14. The quantitative estimate of drug-likeness (QED) is 0.418. The van der Waals surface area contributed by atoms with Crippen molar-refractivity contribution in [3.63, 3.8) is 0 Å². The molecule has 2 aromatic rings. The second-order valence-electron chi connectivity index (χ2n) is 5.37. The number of ether oxygens (including phenoxy) is 2. The van der Waals surface area contributed by atoms with Crippen molar-refractivity contribution in [2.45, 2.75) is 18.2 Å². The van der Waals surface area contributed by atoms with Gasteiger partial charge < -0.3 is 24.5 Å². The summed E-state index contributed by atoms with van der Waals surface area (Å²) in [5.74, 6) is -4.57. The molecule has 7 nitrogen and oxygen atoms in total. The second-order valence-corrected chi connectivity index (χ2v) is 5.37. The molecule has 29 heavy (non-hydrogen) atoms. The van der Waals surface area contributed by atoms with Crippen molar-refractivity contribution in [1.29, 1.82) is 0 Å². The van der Waals surface area contributed by atoms with Gasteiger partial charge in [0.1, 0.15) is 5.75 Å². The third-order valence-corrected chi connectivity index (χ3v) is 3.38. The molecule has 0 radical (unpaired) electrons. The maximum atomic E-state index is 13.8. The van der Waals surface area contributed by atoms with Gasteiger partial charge in [0.25, 0.3) is 5.91 Å². The van der Waals surface area contributed by atoms with Crippen LogP contribution in [0.5, 0.6) is 5.75 Å². The number of anilines is 1. The summed E-state index contributed by atoms with van der Waals surface area (Å²) in [7, 11) is 0.657. The summed E-state index contributed by atoms with van der Waals surface area (Å²) < 4.78 is 90.5. The Morgan fingerprint density at radius 1 is 1.00 bits per heavy atom. The Hall–Kier alpha value is -3.38. The standard InChI is InChI=1S/C16H12F6N2O5/c1-27-13(26)14(15(17,18)19,24-12(25)11-3-2-8-28-11)23-9-4-6-10(7-5-9)29-16(20,21)22/h2-8,23H,1H3,(H,24,25)/t14-/m0/s1. The summed E-state index contributed by atoms with van der Waals surface area (Å²) in [5, 5.41) is 3.23. The van der Waals surface area contributed by atoms with E-state index in [-0.39, 0.29) is 0 Å². The zero-order valence-corrected chi connectivity index (χ0v) is 14.4. The molecular formula is C16H12F6N2O5. The predicted octanol–water partition coefficient (Wildman–Crippen LogP) is 3.45. The number of esters is 1. The number of alkyl halides is 6. The summed E-state index contributed by atoms with van der Waals surface area (Å²) in [6.45, 7) is 0. The van der Waals surface area contributed by atoms with E-state index in [1.807, 2.05) is 0 Å². The van der Waals surface area contributed by atoms with Gasteiger partial charge in [0.15, 0.2) is 5.76 Å². The fourth-order valence-corrected chi connectivity index (χ4v) is 2.14. The molecule has 0 aliphatic carbocycles. The van der Waals surface area contributed by atoms with Crippen molar-refractivity contribution in [2.75, 3.05) is 12.4 Å². The van der Waals surface area contributed by atoms with Crippen molar-refractivity contribution in [2.24, 2.45) is 0 Å². The van der Waals surface area contributed by atoms with E-state index >= 15 is 0 Å². The lowest BCUT2D eigenvalue weighted by Gasteiger charge is -2.34. The third-order valence-electron chi connectivity index (χ3n) is 3.38. The van der Waals surface area contributed by atoms with Gasteiger partial charge in [0, 0.05) is 5.69 Å². The van der Waals surface area contributed by atoms with Gasteiger partial charge in [-0.3, -0.25) is 4.79 Å². The largest absolute Gasteiger partial charge is 0.573 e. The molecule has 0 spiro atoms. The summed E-state index contributed by atoms with van der Waals surface area (Å²) in [4.78, 5) is 24.1. The van der Waals surface area contributed by atoms with Gasteiger partial charge in [0.05, 0.1) is 13.4 Å². The Morgan fingerprint density at radius 2 is 1.62 bits per heavy atom. The van der Waals surface area contributed by atoms with Crippen LogP contribution in [-0.4, -0.2) is 37.2 Å². The first-order chi connectivity index (χ1) is 13.4. The smallest absolute Gasteiger partial charge is 0.466 e. The molecule has 2 rings (SSSR count). The van der Waals surface area contributed by atoms with Gasteiger partial charge in [-0.1, -0.05) is 0 Å². The highest BCUT2D eigenvalue weighted by atomic mass is 19.4. The normalized spacial score (nSPS) is 13.9. The molecule has 0 saturated heterocycles. The molecule has 1 aromatic carbocycles. The van der Waals surface area contributed by atoms with Crippen LogP contribution < -0.4 is 15.4 Å². The zero-order chi connectivity index (χ0) is 21.9. The van der Waals surface area contributed by atoms with Crippen LogP contribution in [0.4, 0.5) is 32.0 Å². The number of methoxy groups -OCH3 is 1. The van der Waals surface area contributed by atoms with Crippen LogP contribution in [0, 0.1) is 0 Å². The number of carbonyl (C=O) groups excluding carboxylic acids is 2. The van der Waals surface area contributed by atoms with E-state index in [0.717, 1.165) is 24.5 Å². The van der Waals surface area contributed by atoms with Crippen molar-refractivity contribution < 1.29 is 49.8 Å². The Balaban J connectivity index is 2.39. The predicted molar refractivity (Wildman–Crippen MR) is 83.7 cm³/mol. The number of hydrogen-bond donors (Lipinski definition) is 2. The topological polar surface area (TPSA) is 89.8 Å². The molecular weight excluding hydrogens is 414 g/mol. The average molecular weight is 426 g/mol. The van der Waals surface area contributed by atoms with Crippen LogP contribution in [0.25, 0.3) is 0 Å². The molecule has 0 aliphatic heterocycles. The Labute approximate surface area is 158 Å². The Bertz CT molecular complexity index is 848. The van der Waals surface area contributed by atoms with Crippen molar-refractivity contribution in [1.82, 2.24) is 5.32 Å². The van der Waals surface area contributed by atoms with E-state index in [2.05, 4.69) is 9.47 Å². The van der Waals surface area contributed by atoms with Gasteiger partial charge in [-0.2, -0.15) is 13.2 Å². The maximum absolute atomic E-state index is 13.8. The molecule has 158 valence electrons. The third kappa shape index (κ3) is 5.12. The van der Waals surface area contributed by atoms with E-state index in [1.165, 1.54) is 11.4 Å². The number of hydrogen-bond acceptors (Lipinski definition) is 6. The highest BCUT2D eigenvalue weighted by Crippen LogP contribution is 2.34. The van der Waals surface area contributed by atoms with E-state index in [9.17, 15) is 35.9 Å². The lowest BCUT2D eigenvalue weighted by Crippen LogP contribution is -2.69. The van der Waals surface area contributed by atoms with E-state index in [4.69, 9.17) is 4.42 Å². The molecule has 2 N–H and O–H groups in total. The fourth-order valence-electron chi connectivity index (χ4n) is 2.14. The Morgan fingerprint density at radius 3 is 2.07 bits per heavy atom. The van der Waals surface area contributed by atoms with Crippen molar-refractivity contribution >= 4 is 17.6 Å². The van der Waals surface area contributed by atoms with Gasteiger partial charge in [0.2, 0.25) is 0 Å². The first-order valence-corrected chi connectivity index (χ1v) is 7.53. The zero-order valence-electron chi connectivity index (χ0n) is 14.4. The van der Waals surface area contributed by atoms with Crippen molar-refractivity contribution in [3.05, 3.63) is 48.4 Å². The van der Waals surface area contributed by atoms with E-state index in [1.54, 1.807) is 5.32 Å². The minimum Gasteiger partial charge on any atom is -0.466 e. The Kier molecular flexibility index (Phi) is 5.99. The molecule has 0 aliphatic rings. The molecule has 0 unspecified atom stereocenters.